The standard InChI is InChI=1S/C17H14ClF5O3/c1-15(2)11(7-12(18)17(21,22)23)16(15,14(24)25)5-3-4-10-6-9(8-26-10)13(19)20/h6-8,11,13H,5H2,1-2H3,(H,24,25)/b12-7-/t11-,16+/m1/s1. The van der Waals surface area contributed by atoms with Crippen LogP contribution in [0.25, 0.3) is 0 Å². The van der Waals surface area contributed by atoms with Crippen molar-refractivity contribution in [1.82, 2.24) is 0 Å². The maximum atomic E-state index is 12.6. The number of hydrogen-bond donors (Lipinski definition) is 1. The van der Waals surface area contributed by atoms with Crippen LogP contribution in [0, 0.1) is 28.6 Å². The van der Waals surface area contributed by atoms with Crippen molar-refractivity contribution in [3.63, 3.8) is 0 Å². The van der Waals surface area contributed by atoms with Gasteiger partial charge in [-0.15, -0.1) is 0 Å². The molecule has 1 fully saturated rings. The summed E-state index contributed by atoms with van der Waals surface area (Å²) < 4.78 is 67.7. The maximum Gasteiger partial charge on any atom is 0.426 e. The van der Waals surface area contributed by atoms with E-state index in [1.807, 2.05) is 0 Å². The summed E-state index contributed by atoms with van der Waals surface area (Å²) in [5.41, 5.74) is -2.95. The van der Waals surface area contributed by atoms with Crippen LogP contribution in [0.3, 0.4) is 0 Å². The van der Waals surface area contributed by atoms with Crippen LogP contribution in [0.1, 0.15) is 38.0 Å². The van der Waals surface area contributed by atoms with Crippen molar-refractivity contribution in [3.8, 4) is 11.8 Å². The third-order valence-corrected chi connectivity index (χ3v) is 5.13. The van der Waals surface area contributed by atoms with Crippen LogP contribution in [0.5, 0.6) is 0 Å². The molecule has 9 heteroatoms. The number of allylic oxidation sites excluding steroid dienone is 2. The zero-order valence-corrected chi connectivity index (χ0v) is 14.4. The average molecular weight is 397 g/mol. The summed E-state index contributed by atoms with van der Waals surface area (Å²) in [6.45, 7) is 3.01. The molecular formula is C17H14ClF5O3. The lowest BCUT2D eigenvalue weighted by Crippen LogP contribution is -2.21. The molecule has 3 nitrogen and oxygen atoms in total. The van der Waals surface area contributed by atoms with Gasteiger partial charge in [0.25, 0.3) is 6.43 Å². The van der Waals surface area contributed by atoms with Gasteiger partial charge in [-0.05, 0) is 11.3 Å². The molecule has 1 aliphatic rings. The van der Waals surface area contributed by atoms with Gasteiger partial charge in [-0.1, -0.05) is 37.4 Å². The van der Waals surface area contributed by atoms with E-state index in [1.165, 1.54) is 13.8 Å². The molecule has 0 aromatic carbocycles. The van der Waals surface area contributed by atoms with E-state index in [9.17, 15) is 31.9 Å². The summed E-state index contributed by atoms with van der Waals surface area (Å²) in [6.07, 6.45) is -6.27. The Bertz CT molecular complexity index is 797. The van der Waals surface area contributed by atoms with Gasteiger partial charge < -0.3 is 9.52 Å². The predicted molar refractivity (Wildman–Crippen MR) is 82.5 cm³/mol. The lowest BCUT2D eigenvalue weighted by Gasteiger charge is -2.11. The number of hydrogen-bond acceptors (Lipinski definition) is 2. The monoisotopic (exact) mass is 396 g/mol. The van der Waals surface area contributed by atoms with Crippen molar-refractivity contribution in [3.05, 3.63) is 34.8 Å². The smallest absolute Gasteiger partial charge is 0.426 e. The summed E-state index contributed by atoms with van der Waals surface area (Å²) in [7, 11) is 0. The van der Waals surface area contributed by atoms with Crippen LogP contribution >= 0.6 is 11.6 Å². The van der Waals surface area contributed by atoms with E-state index in [-0.39, 0.29) is 17.7 Å². The number of carbonyl (C=O) groups is 1. The van der Waals surface area contributed by atoms with E-state index >= 15 is 0 Å². The highest BCUT2D eigenvalue weighted by atomic mass is 35.5. The molecule has 1 N–H and O–H groups in total. The van der Waals surface area contributed by atoms with E-state index in [2.05, 4.69) is 11.8 Å². The molecule has 0 spiro atoms. The minimum absolute atomic E-state index is 0.0836. The van der Waals surface area contributed by atoms with Gasteiger partial charge in [0.1, 0.15) is 11.3 Å². The number of halogens is 6. The average Bonchev–Trinajstić information content (AvgIpc) is 2.85. The second kappa shape index (κ2) is 6.62. The topological polar surface area (TPSA) is 50.4 Å². The Labute approximate surface area is 150 Å². The molecule has 0 radical (unpaired) electrons. The van der Waals surface area contributed by atoms with E-state index in [1.54, 1.807) is 0 Å². The third kappa shape index (κ3) is 3.45. The lowest BCUT2D eigenvalue weighted by atomic mass is 9.92. The summed E-state index contributed by atoms with van der Waals surface area (Å²) in [4.78, 5) is 11.7. The van der Waals surface area contributed by atoms with Gasteiger partial charge in [0.15, 0.2) is 5.76 Å². The predicted octanol–water partition coefficient (Wildman–Crippen LogP) is 5.37. The molecule has 0 bridgehead atoms. The SMILES string of the molecule is CC1(C)[C@@H](/C=C(\Cl)C(F)(F)F)[C@@]1(CC#Cc1cc(C(F)F)co1)C(=O)O. The highest BCUT2D eigenvalue weighted by Gasteiger charge is 2.74. The summed E-state index contributed by atoms with van der Waals surface area (Å²) in [5.74, 6) is 2.56. The van der Waals surface area contributed by atoms with Gasteiger partial charge in [-0.2, -0.15) is 13.2 Å². The highest BCUT2D eigenvalue weighted by Crippen LogP contribution is 2.72. The Hall–Kier alpha value is -2.01. The fourth-order valence-corrected chi connectivity index (χ4v) is 3.24. The minimum atomic E-state index is -4.77. The first-order chi connectivity index (χ1) is 11.8. The molecule has 1 heterocycles. The van der Waals surface area contributed by atoms with Crippen molar-refractivity contribution >= 4 is 17.6 Å². The Morgan fingerprint density at radius 1 is 1.46 bits per heavy atom. The molecule has 1 saturated carbocycles. The number of carboxylic acid groups (broad SMARTS) is 1. The van der Waals surface area contributed by atoms with Gasteiger partial charge in [0.05, 0.1) is 11.0 Å². The zero-order valence-electron chi connectivity index (χ0n) is 13.6. The van der Waals surface area contributed by atoms with Crippen molar-refractivity contribution in [1.29, 1.82) is 0 Å². The summed E-state index contributed by atoms with van der Waals surface area (Å²) in [5, 5.41) is 8.17. The minimum Gasteiger partial charge on any atom is -0.481 e. The van der Waals surface area contributed by atoms with Crippen molar-refractivity contribution < 1.29 is 36.3 Å². The number of furan rings is 1. The van der Waals surface area contributed by atoms with Crippen molar-refractivity contribution in [2.24, 2.45) is 16.7 Å². The second-order valence-electron chi connectivity index (χ2n) is 6.51. The molecule has 0 amide bonds. The quantitative estimate of drug-likeness (QED) is 0.550. The van der Waals surface area contributed by atoms with Gasteiger partial charge >= 0.3 is 12.1 Å². The Morgan fingerprint density at radius 2 is 2.08 bits per heavy atom. The molecule has 1 aromatic rings. The number of alkyl halides is 5. The number of carboxylic acids is 1. The van der Waals surface area contributed by atoms with E-state index < -0.39 is 40.4 Å². The fourth-order valence-electron chi connectivity index (χ4n) is 3.11. The molecule has 2 rings (SSSR count). The van der Waals surface area contributed by atoms with Gasteiger partial charge in [-0.25, -0.2) is 8.78 Å². The van der Waals surface area contributed by atoms with Gasteiger partial charge in [0, 0.05) is 18.4 Å². The van der Waals surface area contributed by atoms with Crippen LogP contribution in [0.15, 0.2) is 27.9 Å². The van der Waals surface area contributed by atoms with Crippen LogP contribution in [0.2, 0.25) is 0 Å². The number of aliphatic carboxylic acids is 1. The van der Waals surface area contributed by atoms with E-state index in [4.69, 9.17) is 16.0 Å². The van der Waals surface area contributed by atoms with Crippen LogP contribution in [-0.4, -0.2) is 17.3 Å². The summed E-state index contributed by atoms with van der Waals surface area (Å²) in [6, 6.07) is 1.01. The van der Waals surface area contributed by atoms with Crippen LogP contribution < -0.4 is 0 Å². The molecule has 142 valence electrons. The molecule has 0 aliphatic heterocycles. The Morgan fingerprint density at radius 3 is 2.54 bits per heavy atom. The third-order valence-electron chi connectivity index (χ3n) is 4.79. The Balaban J connectivity index is 2.26. The molecule has 26 heavy (non-hydrogen) atoms. The normalized spacial score (nSPS) is 25.0. The lowest BCUT2D eigenvalue weighted by molar-refractivity contribution is -0.144. The van der Waals surface area contributed by atoms with E-state index in [0.717, 1.165) is 12.3 Å². The first kappa shape index (κ1) is 20.3. The first-order valence-corrected chi connectivity index (χ1v) is 7.75. The van der Waals surface area contributed by atoms with Crippen molar-refractivity contribution in [2.75, 3.05) is 0 Å². The highest BCUT2D eigenvalue weighted by molar-refractivity contribution is 6.30. The second-order valence-corrected chi connectivity index (χ2v) is 6.92. The molecule has 1 aliphatic carbocycles. The summed E-state index contributed by atoms with van der Waals surface area (Å²) >= 11 is 5.23. The van der Waals surface area contributed by atoms with Gasteiger partial charge in [-0.3, -0.25) is 4.79 Å². The van der Waals surface area contributed by atoms with E-state index in [0.29, 0.717) is 6.08 Å². The fraction of sp³-hybridized carbons (Fsp3) is 0.471. The number of rotatable bonds is 4. The Kier molecular flexibility index (Phi) is 5.17. The van der Waals surface area contributed by atoms with Crippen LogP contribution in [-0.2, 0) is 4.79 Å². The molecular weight excluding hydrogens is 383 g/mol. The molecule has 0 unspecified atom stereocenters. The zero-order chi connectivity index (χ0) is 19.9. The first-order valence-electron chi connectivity index (χ1n) is 7.37. The maximum absolute atomic E-state index is 12.6. The van der Waals surface area contributed by atoms with Crippen molar-refractivity contribution in [2.45, 2.75) is 32.9 Å². The molecule has 2 atom stereocenters. The van der Waals surface area contributed by atoms with Gasteiger partial charge in [0.2, 0.25) is 0 Å². The molecule has 0 saturated heterocycles. The van der Waals surface area contributed by atoms with Crippen LogP contribution in [0.4, 0.5) is 22.0 Å². The molecule has 1 aromatic heterocycles. The largest absolute Gasteiger partial charge is 0.481 e.